The third-order valence-corrected chi connectivity index (χ3v) is 4.19. The molecule has 2 rings (SSSR count). The summed E-state index contributed by atoms with van der Waals surface area (Å²) in [5.74, 6) is -1.29. The van der Waals surface area contributed by atoms with Gasteiger partial charge in [0.05, 0.1) is 18.0 Å². The van der Waals surface area contributed by atoms with Crippen LogP contribution in [0.3, 0.4) is 0 Å². The second-order valence-corrected chi connectivity index (χ2v) is 5.67. The average Bonchev–Trinajstić information content (AvgIpc) is 3.06. The van der Waals surface area contributed by atoms with Crippen LogP contribution in [-0.4, -0.2) is 16.7 Å². The number of carbonyl (C=O) groups excluding carboxylic acids is 2. The van der Waals surface area contributed by atoms with E-state index in [-0.39, 0.29) is 11.8 Å². The number of ketones is 1. The minimum atomic E-state index is -0.669. The number of hydrogen-bond acceptors (Lipinski definition) is 5. The maximum Gasteiger partial charge on any atom is 0.296 e. The van der Waals surface area contributed by atoms with Crippen LogP contribution in [0.1, 0.15) is 45.5 Å². The third kappa shape index (κ3) is 2.96. The Labute approximate surface area is 121 Å². The van der Waals surface area contributed by atoms with E-state index in [1.165, 1.54) is 23.7 Å². The first-order chi connectivity index (χ1) is 9.52. The predicted molar refractivity (Wildman–Crippen MR) is 75.8 cm³/mol. The van der Waals surface area contributed by atoms with Crippen molar-refractivity contribution in [3.63, 3.8) is 0 Å². The highest BCUT2D eigenvalue weighted by atomic mass is 32.1. The van der Waals surface area contributed by atoms with Gasteiger partial charge in [-0.05, 0) is 32.4 Å². The lowest BCUT2D eigenvalue weighted by Gasteiger charge is -2.13. The molecule has 1 atom stereocenters. The fraction of sp³-hybridized carbons (Fsp3) is 0.357. The molecular formula is C14H16N2O3S. The predicted octanol–water partition coefficient (Wildman–Crippen LogP) is 2.80. The van der Waals surface area contributed by atoms with Crippen molar-refractivity contribution in [1.29, 1.82) is 0 Å². The molecule has 0 aliphatic carbocycles. The van der Waals surface area contributed by atoms with Crippen molar-refractivity contribution in [3.05, 3.63) is 39.7 Å². The van der Waals surface area contributed by atoms with Crippen molar-refractivity contribution < 1.29 is 14.0 Å². The van der Waals surface area contributed by atoms with E-state index < -0.39 is 11.7 Å². The normalized spacial score (nSPS) is 12.2. The molecule has 0 bridgehead atoms. The zero-order chi connectivity index (χ0) is 14.7. The van der Waals surface area contributed by atoms with Crippen molar-refractivity contribution in [1.82, 2.24) is 10.3 Å². The summed E-state index contributed by atoms with van der Waals surface area (Å²) in [4.78, 5) is 29.3. The Morgan fingerprint density at radius 2 is 2.20 bits per heavy atom. The summed E-state index contributed by atoms with van der Waals surface area (Å²) in [5.41, 5.74) is 0.954. The molecule has 20 heavy (non-hydrogen) atoms. The standard InChI is InChI=1S/C14H16N2O3S/c1-4-10(14-15-8(2)9(3)20-14)16-13(18)12(17)11-6-5-7-19-11/h5-7,10H,4H2,1-3H3,(H,16,18)/t10-/m0/s1. The largest absolute Gasteiger partial charge is 0.461 e. The van der Waals surface area contributed by atoms with E-state index in [0.717, 1.165) is 15.6 Å². The van der Waals surface area contributed by atoms with E-state index in [4.69, 9.17) is 4.42 Å². The second-order valence-electron chi connectivity index (χ2n) is 4.43. The number of aryl methyl sites for hydroxylation is 2. The zero-order valence-electron chi connectivity index (χ0n) is 11.6. The molecule has 0 aliphatic heterocycles. The monoisotopic (exact) mass is 292 g/mol. The molecule has 106 valence electrons. The number of hydrogen-bond donors (Lipinski definition) is 1. The van der Waals surface area contributed by atoms with Crippen molar-refractivity contribution >= 4 is 23.0 Å². The summed E-state index contributed by atoms with van der Waals surface area (Å²) in [6.07, 6.45) is 2.04. The zero-order valence-corrected chi connectivity index (χ0v) is 12.4. The van der Waals surface area contributed by atoms with Gasteiger partial charge in [0.25, 0.3) is 11.7 Å². The van der Waals surface area contributed by atoms with Crippen LogP contribution in [0.4, 0.5) is 0 Å². The van der Waals surface area contributed by atoms with Crippen LogP contribution in [0, 0.1) is 13.8 Å². The maximum atomic E-state index is 11.9. The van der Waals surface area contributed by atoms with Crippen molar-refractivity contribution in [2.75, 3.05) is 0 Å². The van der Waals surface area contributed by atoms with Crippen molar-refractivity contribution in [3.8, 4) is 0 Å². The Morgan fingerprint density at radius 3 is 2.70 bits per heavy atom. The summed E-state index contributed by atoms with van der Waals surface area (Å²) in [5, 5.41) is 3.53. The molecule has 6 heteroatoms. The smallest absolute Gasteiger partial charge is 0.296 e. The molecule has 0 saturated heterocycles. The average molecular weight is 292 g/mol. The Hall–Kier alpha value is -1.95. The summed E-state index contributed by atoms with van der Waals surface area (Å²) < 4.78 is 4.94. The molecule has 0 saturated carbocycles. The van der Waals surface area contributed by atoms with Gasteiger partial charge >= 0.3 is 0 Å². The molecule has 2 aromatic heterocycles. The van der Waals surface area contributed by atoms with Crippen LogP contribution in [0.5, 0.6) is 0 Å². The molecule has 5 nitrogen and oxygen atoms in total. The lowest BCUT2D eigenvalue weighted by Crippen LogP contribution is -2.34. The first-order valence-corrected chi connectivity index (χ1v) is 7.17. The summed E-state index contributed by atoms with van der Waals surface area (Å²) >= 11 is 1.54. The number of aromatic nitrogens is 1. The van der Waals surface area contributed by atoms with Crippen LogP contribution >= 0.6 is 11.3 Å². The van der Waals surface area contributed by atoms with Gasteiger partial charge < -0.3 is 9.73 Å². The Morgan fingerprint density at radius 1 is 1.45 bits per heavy atom. The summed E-state index contributed by atoms with van der Waals surface area (Å²) in [6, 6.07) is 2.80. The molecule has 0 fully saturated rings. The molecule has 2 heterocycles. The number of carbonyl (C=O) groups is 2. The number of Topliss-reactive ketones (excluding diaryl/α,β-unsaturated/α-hetero) is 1. The van der Waals surface area contributed by atoms with Crippen molar-refractivity contribution in [2.24, 2.45) is 0 Å². The fourth-order valence-corrected chi connectivity index (χ4v) is 2.79. The number of furan rings is 1. The summed E-state index contributed by atoms with van der Waals surface area (Å²) in [7, 11) is 0. The molecule has 1 amide bonds. The first kappa shape index (κ1) is 14.5. The van der Waals surface area contributed by atoms with Gasteiger partial charge in [0.1, 0.15) is 5.01 Å². The molecule has 0 unspecified atom stereocenters. The SMILES string of the molecule is CC[C@H](NC(=O)C(=O)c1ccco1)c1nc(C)c(C)s1. The number of rotatable bonds is 5. The van der Waals surface area contributed by atoms with Crippen LogP contribution < -0.4 is 5.32 Å². The van der Waals surface area contributed by atoms with Gasteiger partial charge in [-0.15, -0.1) is 11.3 Å². The quantitative estimate of drug-likeness (QED) is 0.679. The fourth-order valence-electron chi connectivity index (χ4n) is 1.73. The molecule has 0 spiro atoms. The highest BCUT2D eigenvalue weighted by Gasteiger charge is 2.24. The highest BCUT2D eigenvalue weighted by molar-refractivity contribution is 7.11. The highest BCUT2D eigenvalue weighted by Crippen LogP contribution is 2.24. The van der Waals surface area contributed by atoms with E-state index in [2.05, 4.69) is 10.3 Å². The second kappa shape index (κ2) is 6.00. The molecule has 1 N–H and O–H groups in total. The van der Waals surface area contributed by atoms with E-state index in [9.17, 15) is 9.59 Å². The van der Waals surface area contributed by atoms with E-state index in [1.54, 1.807) is 6.07 Å². The Bertz CT molecular complexity index is 597. The lowest BCUT2D eigenvalue weighted by atomic mass is 10.2. The van der Waals surface area contributed by atoms with Gasteiger partial charge in [0, 0.05) is 4.88 Å². The number of nitrogens with zero attached hydrogens (tertiary/aromatic N) is 1. The number of thiazole rings is 1. The Balaban J connectivity index is 2.10. The molecule has 2 aromatic rings. The van der Waals surface area contributed by atoms with Crippen LogP contribution in [0.15, 0.2) is 22.8 Å². The minimum Gasteiger partial charge on any atom is -0.461 e. The van der Waals surface area contributed by atoms with Gasteiger partial charge in [-0.1, -0.05) is 6.92 Å². The minimum absolute atomic E-state index is 0.0452. The van der Waals surface area contributed by atoms with E-state index >= 15 is 0 Å². The van der Waals surface area contributed by atoms with Crippen LogP contribution in [0.25, 0.3) is 0 Å². The third-order valence-electron chi connectivity index (χ3n) is 3.01. The number of amides is 1. The van der Waals surface area contributed by atoms with E-state index in [0.29, 0.717) is 6.42 Å². The number of nitrogens with one attached hydrogen (secondary N) is 1. The molecule has 0 aromatic carbocycles. The van der Waals surface area contributed by atoms with Crippen LogP contribution in [-0.2, 0) is 4.79 Å². The van der Waals surface area contributed by atoms with Crippen molar-refractivity contribution in [2.45, 2.75) is 33.2 Å². The summed E-state index contributed by atoms with van der Waals surface area (Å²) in [6.45, 7) is 5.85. The van der Waals surface area contributed by atoms with Gasteiger partial charge in [0.15, 0.2) is 5.76 Å². The van der Waals surface area contributed by atoms with Gasteiger partial charge in [0.2, 0.25) is 0 Å². The lowest BCUT2D eigenvalue weighted by molar-refractivity contribution is -0.117. The maximum absolute atomic E-state index is 11.9. The van der Waals surface area contributed by atoms with Gasteiger partial charge in [-0.25, -0.2) is 4.98 Å². The van der Waals surface area contributed by atoms with Crippen LogP contribution in [0.2, 0.25) is 0 Å². The Kier molecular flexibility index (Phi) is 4.34. The molecule has 0 aliphatic rings. The topological polar surface area (TPSA) is 72.2 Å². The van der Waals surface area contributed by atoms with E-state index in [1.807, 2.05) is 20.8 Å². The van der Waals surface area contributed by atoms with Gasteiger partial charge in [-0.3, -0.25) is 9.59 Å². The van der Waals surface area contributed by atoms with Gasteiger partial charge in [-0.2, -0.15) is 0 Å². The molecule has 0 radical (unpaired) electrons. The first-order valence-electron chi connectivity index (χ1n) is 6.35. The molecular weight excluding hydrogens is 276 g/mol.